The van der Waals surface area contributed by atoms with E-state index in [1.807, 2.05) is 13.8 Å². The third-order valence-corrected chi connectivity index (χ3v) is 2.54. The van der Waals surface area contributed by atoms with Crippen LogP contribution in [-0.2, 0) is 0 Å². The van der Waals surface area contributed by atoms with Crippen molar-refractivity contribution in [3.05, 3.63) is 0 Å². The average molecular weight is 245 g/mol. The molecular formula is C9H22Cl2N2O. The summed E-state index contributed by atoms with van der Waals surface area (Å²) in [5, 5.41) is 9.72. The van der Waals surface area contributed by atoms with Gasteiger partial charge in [0.2, 0.25) is 0 Å². The highest BCUT2D eigenvalue weighted by atomic mass is 35.5. The van der Waals surface area contributed by atoms with Crippen LogP contribution in [0.5, 0.6) is 0 Å². The number of aliphatic hydroxyl groups is 1. The summed E-state index contributed by atoms with van der Waals surface area (Å²) in [6.07, 6.45) is 1.76. The van der Waals surface area contributed by atoms with E-state index in [1.54, 1.807) is 0 Å². The van der Waals surface area contributed by atoms with Crippen molar-refractivity contribution in [1.82, 2.24) is 4.90 Å². The van der Waals surface area contributed by atoms with Crippen LogP contribution in [0.2, 0.25) is 0 Å². The lowest BCUT2D eigenvalue weighted by Crippen LogP contribution is -2.46. The molecule has 88 valence electrons. The summed E-state index contributed by atoms with van der Waals surface area (Å²) < 4.78 is 0. The Bertz CT molecular complexity index is 139. The minimum atomic E-state index is -0.280. The molecule has 0 radical (unpaired) electrons. The molecule has 0 saturated carbocycles. The first-order valence-electron chi connectivity index (χ1n) is 4.79. The van der Waals surface area contributed by atoms with Crippen molar-refractivity contribution in [1.29, 1.82) is 0 Å². The van der Waals surface area contributed by atoms with E-state index in [4.69, 9.17) is 5.73 Å². The number of likely N-dealkylation sites (tertiary alicyclic amines) is 1. The highest BCUT2D eigenvalue weighted by Crippen LogP contribution is 2.14. The standard InChI is InChI=1S/C9H20N2O.2ClH/c1-7(2)9(12)11-5-3-8(10)4-6-11;;/h7-9,12H,3-6,10H2,1-2H3;2*1H. The average Bonchev–Trinajstić information content (AvgIpc) is 2.04. The second kappa shape index (κ2) is 7.71. The fraction of sp³-hybridized carbons (Fsp3) is 1.00. The molecule has 1 unspecified atom stereocenters. The van der Waals surface area contributed by atoms with Crippen LogP contribution in [0.25, 0.3) is 0 Å². The lowest BCUT2D eigenvalue weighted by molar-refractivity contribution is -0.0412. The molecule has 1 heterocycles. The number of aliphatic hydroxyl groups excluding tert-OH is 1. The van der Waals surface area contributed by atoms with Crippen LogP contribution in [-0.4, -0.2) is 35.4 Å². The van der Waals surface area contributed by atoms with Crippen LogP contribution < -0.4 is 5.73 Å². The van der Waals surface area contributed by atoms with Gasteiger partial charge < -0.3 is 10.8 Å². The van der Waals surface area contributed by atoms with E-state index in [1.165, 1.54) is 0 Å². The molecule has 3 nitrogen and oxygen atoms in total. The molecule has 1 rings (SSSR count). The molecule has 0 aromatic rings. The molecule has 1 aliphatic rings. The van der Waals surface area contributed by atoms with Crippen molar-refractivity contribution >= 4 is 24.8 Å². The van der Waals surface area contributed by atoms with Crippen LogP contribution in [0.1, 0.15) is 26.7 Å². The topological polar surface area (TPSA) is 49.5 Å². The van der Waals surface area contributed by atoms with Gasteiger partial charge in [0.05, 0.1) is 0 Å². The largest absolute Gasteiger partial charge is 0.378 e. The van der Waals surface area contributed by atoms with Crippen molar-refractivity contribution in [2.75, 3.05) is 13.1 Å². The smallest absolute Gasteiger partial charge is 0.109 e. The van der Waals surface area contributed by atoms with Crippen molar-refractivity contribution in [3.8, 4) is 0 Å². The van der Waals surface area contributed by atoms with Gasteiger partial charge in [-0.2, -0.15) is 0 Å². The second-order valence-corrected chi connectivity index (χ2v) is 4.03. The number of rotatable bonds is 2. The van der Waals surface area contributed by atoms with Gasteiger partial charge in [-0.25, -0.2) is 0 Å². The van der Waals surface area contributed by atoms with E-state index < -0.39 is 0 Å². The SMILES string of the molecule is CC(C)C(O)N1CCC(N)CC1.Cl.Cl. The van der Waals surface area contributed by atoms with E-state index in [9.17, 15) is 5.11 Å². The van der Waals surface area contributed by atoms with Crippen LogP contribution in [0.3, 0.4) is 0 Å². The van der Waals surface area contributed by atoms with E-state index >= 15 is 0 Å². The molecule has 1 atom stereocenters. The Morgan fingerprint density at radius 2 is 1.64 bits per heavy atom. The van der Waals surface area contributed by atoms with Gasteiger partial charge in [0.25, 0.3) is 0 Å². The Balaban J connectivity index is 0. The van der Waals surface area contributed by atoms with Gasteiger partial charge in [-0.1, -0.05) is 13.8 Å². The van der Waals surface area contributed by atoms with Gasteiger partial charge in [-0.3, -0.25) is 4.90 Å². The molecule has 0 amide bonds. The molecular weight excluding hydrogens is 223 g/mol. The summed E-state index contributed by atoms with van der Waals surface area (Å²) in [4.78, 5) is 2.12. The van der Waals surface area contributed by atoms with E-state index in [2.05, 4.69) is 4.90 Å². The number of halogens is 2. The third-order valence-electron chi connectivity index (χ3n) is 2.54. The summed E-state index contributed by atoms with van der Waals surface area (Å²) in [5.41, 5.74) is 5.76. The summed E-state index contributed by atoms with van der Waals surface area (Å²) in [6.45, 7) is 5.97. The molecule has 14 heavy (non-hydrogen) atoms. The molecule has 5 heteroatoms. The van der Waals surface area contributed by atoms with Gasteiger partial charge in [0.1, 0.15) is 6.23 Å². The quantitative estimate of drug-likeness (QED) is 0.769. The molecule has 1 aliphatic heterocycles. The molecule has 0 aromatic carbocycles. The second-order valence-electron chi connectivity index (χ2n) is 4.03. The van der Waals surface area contributed by atoms with E-state index in [-0.39, 0.29) is 31.0 Å². The predicted octanol–water partition coefficient (Wildman–Crippen LogP) is 1.23. The zero-order valence-corrected chi connectivity index (χ0v) is 10.5. The lowest BCUT2D eigenvalue weighted by Gasteiger charge is -2.35. The van der Waals surface area contributed by atoms with Crippen molar-refractivity contribution in [3.63, 3.8) is 0 Å². The fourth-order valence-corrected chi connectivity index (χ4v) is 1.61. The summed E-state index contributed by atoms with van der Waals surface area (Å²) >= 11 is 0. The summed E-state index contributed by atoms with van der Waals surface area (Å²) in [5.74, 6) is 0.319. The van der Waals surface area contributed by atoms with Crippen LogP contribution in [0.4, 0.5) is 0 Å². The van der Waals surface area contributed by atoms with Gasteiger partial charge >= 0.3 is 0 Å². The van der Waals surface area contributed by atoms with Gasteiger partial charge in [0, 0.05) is 19.1 Å². The Morgan fingerprint density at radius 1 is 1.21 bits per heavy atom. The van der Waals surface area contributed by atoms with E-state index in [0.717, 1.165) is 25.9 Å². The molecule has 1 fully saturated rings. The van der Waals surface area contributed by atoms with Crippen molar-refractivity contribution in [2.45, 2.75) is 39.0 Å². The first kappa shape index (κ1) is 16.9. The molecule has 0 bridgehead atoms. The van der Waals surface area contributed by atoms with Gasteiger partial charge in [-0.15, -0.1) is 24.8 Å². The van der Waals surface area contributed by atoms with Crippen LogP contribution >= 0.6 is 24.8 Å². The van der Waals surface area contributed by atoms with Crippen LogP contribution in [0.15, 0.2) is 0 Å². The normalized spacial score (nSPS) is 21.2. The zero-order valence-electron chi connectivity index (χ0n) is 8.85. The monoisotopic (exact) mass is 244 g/mol. The van der Waals surface area contributed by atoms with Gasteiger partial charge in [-0.05, 0) is 18.8 Å². The highest BCUT2D eigenvalue weighted by molar-refractivity contribution is 5.85. The maximum atomic E-state index is 9.72. The van der Waals surface area contributed by atoms with Crippen molar-refractivity contribution < 1.29 is 5.11 Å². The number of nitrogens with zero attached hydrogens (tertiary/aromatic N) is 1. The third kappa shape index (κ3) is 4.80. The number of hydrogen-bond donors (Lipinski definition) is 2. The Hall–Kier alpha value is 0.460. The Labute approximate surface area is 98.9 Å². The molecule has 3 N–H and O–H groups in total. The highest BCUT2D eigenvalue weighted by Gasteiger charge is 2.23. The number of hydrogen-bond acceptors (Lipinski definition) is 3. The first-order chi connectivity index (χ1) is 5.61. The minimum absolute atomic E-state index is 0. The molecule has 0 spiro atoms. The first-order valence-corrected chi connectivity index (χ1v) is 4.79. The number of piperidine rings is 1. The minimum Gasteiger partial charge on any atom is -0.378 e. The Morgan fingerprint density at radius 3 is 2.00 bits per heavy atom. The molecule has 1 saturated heterocycles. The molecule has 0 aliphatic carbocycles. The maximum Gasteiger partial charge on any atom is 0.109 e. The summed E-state index contributed by atoms with van der Waals surface area (Å²) in [6, 6.07) is 0.348. The summed E-state index contributed by atoms with van der Waals surface area (Å²) in [7, 11) is 0. The predicted molar refractivity (Wildman–Crippen MR) is 64.1 cm³/mol. The fourth-order valence-electron chi connectivity index (χ4n) is 1.61. The lowest BCUT2D eigenvalue weighted by atomic mass is 10.0. The Kier molecular flexibility index (Phi) is 9.30. The zero-order chi connectivity index (χ0) is 9.14. The molecule has 0 aromatic heterocycles. The van der Waals surface area contributed by atoms with E-state index in [0.29, 0.717) is 12.0 Å². The number of nitrogens with two attached hydrogens (primary N) is 1. The van der Waals surface area contributed by atoms with Gasteiger partial charge in [0.15, 0.2) is 0 Å². The maximum absolute atomic E-state index is 9.72. The van der Waals surface area contributed by atoms with Crippen LogP contribution in [0, 0.1) is 5.92 Å². The van der Waals surface area contributed by atoms with Crippen molar-refractivity contribution in [2.24, 2.45) is 11.7 Å².